The van der Waals surface area contributed by atoms with Crippen LogP contribution < -0.4 is 0 Å². The van der Waals surface area contributed by atoms with E-state index in [-0.39, 0.29) is 11.0 Å². The molecule has 2 saturated carbocycles. The summed E-state index contributed by atoms with van der Waals surface area (Å²) < 4.78 is 11.1. The number of Topliss-reactive ketones (excluding diaryl/α,β-unsaturated/α-hetero) is 1. The number of carbonyl (C=O) groups is 1. The lowest BCUT2D eigenvalue weighted by Gasteiger charge is -2.42. The van der Waals surface area contributed by atoms with Crippen LogP contribution in [0.3, 0.4) is 0 Å². The molecule has 156 valence electrons. The van der Waals surface area contributed by atoms with Crippen molar-refractivity contribution in [3.05, 3.63) is 12.2 Å². The molecule has 0 aromatic rings. The summed E-state index contributed by atoms with van der Waals surface area (Å²) in [4.78, 5) is 12.4. The molecular formula is C24H42O3. The molecule has 27 heavy (non-hydrogen) atoms. The molecule has 2 aliphatic rings. The number of ketones is 1. The van der Waals surface area contributed by atoms with Crippen molar-refractivity contribution in [2.45, 2.75) is 91.6 Å². The number of unbranched alkanes of at least 4 members (excludes halogenated alkanes) is 1. The fraction of sp³-hybridized carbons (Fsp3) is 0.875. The molecule has 0 saturated heterocycles. The second-order valence-corrected chi connectivity index (χ2v) is 9.71. The fourth-order valence-corrected chi connectivity index (χ4v) is 5.69. The van der Waals surface area contributed by atoms with Gasteiger partial charge in [-0.1, -0.05) is 45.8 Å². The Labute approximate surface area is 167 Å². The maximum Gasteiger partial charge on any atom is 0.147 e. The van der Waals surface area contributed by atoms with Gasteiger partial charge in [0.2, 0.25) is 0 Å². The predicted octanol–water partition coefficient (Wildman–Crippen LogP) is 6.17. The third kappa shape index (κ3) is 5.23. The molecule has 0 bridgehead atoms. The van der Waals surface area contributed by atoms with Gasteiger partial charge in [-0.05, 0) is 63.2 Å². The summed E-state index contributed by atoms with van der Waals surface area (Å²) in [6, 6.07) is 0. The highest BCUT2D eigenvalue weighted by Gasteiger charge is 2.52. The largest absolute Gasteiger partial charge is 0.359 e. The van der Waals surface area contributed by atoms with Crippen LogP contribution in [0.15, 0.2) is 12.2 Å². The van der Waals surface area contributed by atoms with Gasteiger partial charge >= 0.3 is 0 Å². The van der Waals surface area contributed by atoms with Crippen LogP contribution in [0.2, 0.25) is 0 Å². The lowest BCUT2D eigenvalue weighted by Crippen LogP contribution is -2.39. The van der Waals surface area contributed by atoms with Gasteiger partial charge in [-0.2, -0.15) is 0 Å². The summed E-state index contributed by atoms with van der Waals surface area (Å²) in [6.45, 7) is 11.7. The minimum Gasteiger partial charge on any atom is -0.359 e. The zero-order chi connectivity index (χ0) is 20.1. The molecule has 0 unspecified atom stereocenters. The van der Waals surface area contributed by atoms with Crippen molar-refractivity contribution in [3.63, 3.8) is 0 Å². The third-order valence-corrected chi connectivity index (χ3v) is 7.53. The smallest absolute Gasteiger partial charge is 0.147 e. The van der Waals surface area contributed by atoms with Gasteiger partial charge in [0.1, 0.15) is 12.6 Å². The quantitative estimate of drug-likeness (QED) is 0.337. The third-order valence-electron chi connectivity index (χ3n) is 7.53. The van der Waals surface area contributed by atoms with Crippen molar-refractivity contribution >= 4 is 5.78 Å². The van der Waals surface area contributed by atoms with E-state index >= 15 is 0 Å². The van der Waals surface area contributed by atoms with E-state index in [4.69, 9.17) is 9.47 Å². The van der Waals surface area contributed by atoms with Gasteiger partial charge in [0.25, 0.3) is 0 Å². The Morgan fingerprint density at radius 2 is 2.04 bits per heavy atom. The zero-order valence-electron chi connectivity index (χ0n) is 18.6. The fourth-order valence-electron chi connectivity index (χ4n) is 5.69. The lowest BCUT2D eigenvalue weighted by molar-refractivity contribution is -0.132. The first-order chi connectivity index (χ1) is 12.8. The molecule has 0 aliphatic heterocycles. The van der Waals surface area contributed by atoms with Crippen LogP contribution in [0.25, 0.3) is 0 Å². The van der Waals surface area contributed by atoms with Crippen LogP contribution in [0, 0.1) is 29.1 Å². The standard InChI is InChI=1S/C24H42O3/c1-7-8-10-19(23(3,4)27-17-26-6)13-12-18(2)20-14-15-21-22(25)11-9-16-24(20,21)5/h12-13,18-21H,7-11,14-17H2,1-6H3/b13-12+/t18-,19+,20-,21+,24-/m1/s1. The number of carbonyl (C=O) groups excluding carboxylic acids is 1. The van der Waals surface area contributed by atoms with Crippen molar-refractivity contribution in [2.75, 3.05) is 13.9 Å². The number of hydrogen-bond donors (Lipinski definition) is 0. The molecule has 3 heteroatoms. The van der Waals surface area contributed by atoms with Gasteiger partial charge in [0.05, 0.1) is 5.60 Å². The topological polar surface area (TPSA) is 35.5 Å². The van der Waals surface area contributed by atoms with Gasteiger partial charge in [0, 0.05) is 25.4 Å². The number of ether oxygens (including phenoxy) is 2. The average molecular weight is 379 g/mol. The summed E-state index contributed by atoms with van der Waals surface area (Å²) in [6.07, 6.45) is 13.8. The Morgan fingerprint density at radius 1 is 1.30 bits per heavy atom. The molecule has 3 nitrogen and oxygen atoms in total. The molecule has 0 spiro atoms. The molecule has 2 rings (SSSR count). The number of methoxy groups -OCH3 is 1. The Kier molecular flexibility index (Phi) is 8.12. The van der Waals surface area contributed by atoms with Gasteiger partial charge < -0.3 is 9.47 Å². The summed E-state index contributed by atoms with van der Waals surface area (Å²) in [7, 11) is 1.68. The highest BCUT2D eigenvalue weighted by molar-refractivity contribution is 5.83. The Hall–Kier alpha value is -0.670. The van der Waals surface area contributed by atoms with Crippen LogP contribution in [0.1, 0.15) is 86.0 Å². The first kappa shape index (κ1) is 22.6. The number of rotatable bonds is 10. The minimum atomic E-state index is -0.232. The Bertz CT molecular complexity index is 510. The van der Waals surface area contributed by atoms with Gasteiger partial charge in [0.15, 0.2) is 0 Å². The Balaban J connectivity index is 2.09. The van der Waals surface area contributed by atoms with Crippen LogP contribution in [0.4, 0.5) is 0 Å². The summed E-state index contributed by atoms with van der Waals surface area (Å²) in [5.41, 5.74) is -0.0234. The lowest BCUT2D eigenvalue weighted by atomic mass is 9.62. The average Bonchev–Trinajstić information content (AvgIpc) is 2.98. The summed E-state index contributed by atoms with van der Waals surface area (Å²) in [5, 5.41) is 0. The maximum atomic E-state index is 12.4. The molecule has 0 N–H and O–H groups in total. The normalized spacial score (nSPS) is 31.3. The molecule has 0 heterocycles. The molecular weight excluding hydrogens is 336 g/mol. The molecule has 0 radical (unpaired) electrons. The van der Waals surface area contributed by atoms with E-state index < -0.39 is 0 Å². The highest BCUT2D eigenvalue weighted by atomic mass is 16.7. The molecule has 2 aliphatic carbocycles. The second kappa shape index (κ2) is 9.69. The van der Waals surface area contributed by atoms with E-state index in [1.165, 1.54) is 25.7 Å². The van der Waals surface area contributed by atoms with Crippen molar-refractivity contribution in [1.29, 1.82) is 0 Å². The van der Waals surface area contributed by atoms with Gasteiger partial charge in [-0.25, -0.2) is 0 Å². The summed E-state index contributed by atoms with van der Waals surface area (Å²) >= 11 is 0. The van der Waals surface area contributed by atoms with Crippen molar-refractivity contribution in [3.8, 4) is 0 Å². The van der Waals surface area contributed by atoms with Crippen LogP contribution in [-0.4, -0.2) is 25.3 Å². The van der Waals surface area contributed by atoms with E-state index in [2.05, 4.69) is 46.8 Å². The van der Waals surface area contributed by atoms with Crippen LogP contribution >= 0.6 is 0 Å². The van der Waals surface area contributed by atoms with Crippen LogP contribution in [-0.2, 0) is 14.3 Å². The second-order valence-electron chi connectivity index (χ2n) is 9.71. The Morgan fingerprint density at radius 3 is 2.70 bits per heavy atom. The molecule has 0 aromatic heterocycles. The van der Waals surface area contributed by atoms with Crippen molar-refractivity contribution < 1.29 is 14.3 Å². The first-order valence-corrected chi connectivity index (χ1v) is 11.1. The predicted molar refractivity (Wildman–Crippen MR) is 112 cm³/mol. The minimum absolute atomic E-state index is 0.208. The number of allylic oxidation sites excluding steroid dienone is 1. The van der Waals surface area contributed by atoms with Gasteiger partial charge in [-0.15, -0.1) is 0 Å². The number of hydrogen-bond acceptors (Lipinski definition) is 3. The molecule has 2 fully saturated rings. The van der Waals surface area contributed by atoms with Crippen LogP contribution in [0.5, 0.6) is 0 Å². The monoisotopic (exact) mass is 378 g/mol. The number of fused-ring (bicyclic) bond motifs is 1. The van der Waals surface area contributed by atoms with E-state index in [0.717, 1.165) is 25.7 Å². The van der Waals surface area contributed by atoms with E-state index in [1.807, 2.05) is 0 Å². The molecule has 5 atom stereocenters. The van der Waals surface area contributed by atoms with E-state index in [0.29, 0.717) is 36.2 Å². The van der Waals surface area contributed by atoms with Crippen molar-refractivity contribution in [2.24, 2.45) is 29.1 Å². The molecule has 0 amide bonds. The SMILES string of the molecule is CCCC[C@@H](/C=C/[C@@H](C)[C@H]1CC[C@H]2C(=O)CCC[C@]12C)C(C)(C)OCOC. The zero-order valence-corrected chi connectivity index (χ0v) is 18.6. The summed E-state index contributed by atoms with van der Waals surface area (Å²) in [5.74, 6) is 2.35. The van der Waals surface area contributed by atoms with Crippen molar-refractivity contribution in [1.82, 2.24) is 0 Å². The molecule has 0 aromatic carbocycles. The maximum absolute atomic E-state index is 12.4. The highest BCUT2D eigenvalue weighted by Crippen LogP contribution is 2.56. The first-order valence-electron chi connectivity index (χ1n) is 11.1. The van der Waals surface area contributed by atoms with Gasteiger partial charge in [-0.3, -0.25) is 4.79 Å². The van der Waals surface area contributed by atoms with E-state index in [1.54, 1.807) is 7.11 Å². The van der Waals surface area contributed by atoms with E-state index in [9.17, 15) is 4.79 Å².